The second-order valence-electron chi connectivity index (χ2n) is 4.60. The monoisotopic (exact) mass is 288 g/mol. The first kappa shape index (κ1) is 14.5. The van der Waals surface area contributed by atoms with Gasteiger partial charge in [0.2, 0.25) is 0 Å². The van der Waals surface area contributed by atoms with Crippen molar-refractivity contribution < 1.29 is 0 Å². The van der Waals surface area contributed by atoms with Gasteiger partial charge in [-0.15, -0.1) is 23.5 Å². The van der Waals surface area contributed by atoms with Gasteiger partial charge in [-0.05, 0) is 43.5 Å². The Kier molecular flexibility index (Phi) is 5.41. The molecule has 0 fully saturated rings. The van der Waals surface area contributed by atoms with Crippen molar-refractivity contribution in [1.29, 1.82) is 0 Å². The Morgan fingerprint density at radius 3 is 1.58 bits per heavy atom. The van der Waals surface area contributed by atoms with Crippen LogP contribution in [0.1, 0.15) is 24.5 Å². The molecule has 0 amide bonds. The fraction of sp³-hybridized carbons (Fsp3) is 0.294. The summed E-state index contributed by atoms with van der Waals surface area (Å²) in [6.07, 6.45) is 1.16. The average molecular weight is 288 g/mol. The quantitative estimate of drug-likeness (QED) is 0.494. The molecule has 0 radical (unpaired) electrons. The molecule has 0 aliphatic rings. The van der Waals surface area contributed by atoms with Crippen LogP contribution in [0.15, 0.2) is 58.3 Å². The predicted octanol–water partition coefficient (Wildman–Crippen LogP) is 5.92. The summed E-state index contributed by atoms with van der Waals surface area (Å²) in [5.74, 6) is 0. The third kappa shape index (κ3) is 4.05. The first-order valence-corrected chi connectivity index (χ1v) is 8.41. The largest absolute Gasteiger partial charge is 0.111 e. The molecule has 0 unspecified atom stereocenters. The molecule has 0 spiro atoms. The van der Waals surface area contributed by atoms with E-state index in [2.05, 4.69) is 69.3 Å². The van der Waals surface area contributed by atoms with Crippen molar-refractivity contribution in [2.24, 2.45) is 0 Å². The van der Waals surface area contributed by atoms with Crippen LogP contribution in [0.3, 0.4) is 0 Å². The highest BCUT2D eigenvalue weighted by Crippen LogP contribution is 2.39. The van der Waals surface area contributed by atoms with Crippen molar-refractivity contribution in [3.05, 3.63) is 59.7 Å². The SMILES string of the molecule is CCC(Sc1ccccc1C)Sc1ccccc1C. The summed E-state index contributed by atoms with van der Waals surface area (Å²) in [7, 11) is 0. The van der Waals surface area contributed by atoms with Gasteiger partial charge in [-0.1, -0.05) is 43.3 Å². The van der Waals surface area contributed by atoms with Crippen LogP contribution in [0.4, 0.5) is 0 Å². The van der Waals surface area contributed by atoms with E-state index >= 15 is 0 Å². The zero-order valence-corrected chi connectivity index (χ0v) is 13.4. The van der Waals surface area contributed by atoms with Crippen LogP contribution < -0.4 is 0 Å². The Labute approximate surface area is 125 Å². The Hall–Kier alpha value is -0.860. The number of thioether (sulfide) groups is 2. The van der Waals surface area contributed by atoms with Crippen molar-refractivity contribution in [1.82, 2.24) is 0 Å². The molecule has 0 N–H and O–H groups in total. The fourth-order valence-electron chi connectivity index (χ4n) is 1.85. The molecule has 0 saturated heterocycles. The van der Waals surface area contributed by atoms with E-state index in [0.717, 1.165) is 6.42 Å². The minimum Gasteiger partial charge on any atom is -0.111 e. The molecule has 2 heteroatoms. The molecule has 0 atom stereocenters. The normalized spacial score (nSPS) is 10.9. The molecule has 19 heavy (non-hydrogen) atoms. The van der Waals surface area contributed by atoms with Crippen molar-refractivity contribution in [2.45, 2.75) is 41.6 Å². The molecule has 2 aromatic carbocycles. The van der Waals surface area contributed by atoms with Gasteiger partial charge in [0.15, 0.2) is 0 Å². The lowest BCUT2D eigenvalue weighted by Gasteiger charge is -2.16. The van der Waals surface area contributed by atoms with E-state index in [1.807, 2.05) is 23.5 Å². The number of benzene rings is 2. The standard InChI is InChI=1S/C17H20S2/c1-4-17(18-15-11-7-5-9-13(15)2)19-16-12-8-6-10-14(16)3/h5-12,17H,4H2,1-3H3. The lowest BCUT2D eigenvalue weighted by molar-refractivity contribution is 1.05. The van der Waals surface area contributed by atoms with Gasteiger partial charge in [-0.3, -0.25) is 0 Å². The molecule has 0 nitrogen and oxygen atoms in total. The molecule has 0 saturated carbocycles. The van der Waals surface area contributed by atoms with E-state index in [0.29, 0.717) is 4.58 Å². The molecule has 100 valence electrons. The first-order chi connectivity index (χ1) is 9.20. The minimum absolute atomic E-state index is 0.571. The Morgan fingerprint density at radius 2 is 1.21 bits per heavy atom. The Bertz CT molecular complexity index is 487. The van der Waals surface area contributed by atoms with Gasteiger partial charge in [0, 0.05) is 9.79 Å². The van der Waals surface area contributed by atoms with Gasteiger partial charge in [-0.25, -0.2) is 0 Å². The maximum atomic E-state index is 2.27. The summed E-state index contributed by atoms with van der Waals surface area (Å²) in [5, 5.41) is 0. The van der Waals surface area contributed by atoms with E-state index < -0.39 is 0 Å². The second-order valence-corrected chi connectivity index (χ2v) is 7.39. The first-order valence-electron chi connectivity index (χ1n) is 6.65. The third-order valence-corrected chi connectivity index (χ3v) is 6.23. The third-order valence-electron chi connectivity index (χ3n) is 3.04. The lowest BCUT2D eigenvalue weighted by Crippen LogP contribution is -1.96. The molecule has 0 aliphatic carbocycles. The Morgan fingerprint density at radius 1 is 0.789 bits per heavy atom. The van der Waals surface area contributed by atoms with Crippen LogP contribution in [-0.2, 0) is 0 Å². The molecule has 2 aromatic rings. The van der Waals surface area contributed by atoms with Crippen molar-refractivity contribution in [2.75, 3.05) is 0 Å². The summed E-state index contributed by atoms with van der Waals surface area (Å²) in [4.78, 5) is 2.80. The number of hydrogen-bond donors (Lipinski definition) is 0. The van der Waals surface area contributed by atoms with Gasteiger partial charge >= 0.3 is 0 Å². The molecular formula is C17H20S2. The van der Waals surface area contributed by atoms with Gasteiger partial charge in [-0.2, -0.15) is 0 Å². The van der Waals surface area contributed by atoms with E-state index in [4.69, 9.17) is 0 Å². The zero-order chi connectivity index (χ0) is 13.7. The fourth-order valence-corrected chi connectivity index (χ4v) is 4.39. The van der Waals surface area contributed by atoms with Crippen LogP contribution in [0.2, 0.25) is 0 Å². The highest BCUT2D eigenvalue weighted by atomic mass is 32.2. The lowest BCUT2D eigenvalue weighted by atomic mass is 10.2. The summed E-state index contributed by atoms with van der Waals surface area (Å²) >= 11 is 3.96. The van der Waals surface area contributed by atoms with Crippen molar-refractivity contribution >= 4 is 23.5 Å². The van der Waals surface area contributed by atoms with Gasteiger partial charge in [0.05, 0.1) is 4.58 Å². The van der Waals surface area contributed by atoms with Crippen LogP contribution in [0, 0.1) is 13.8 Å². The molecule has 0 aliphatic heterocycles. The van der Waals surface area contributed by atoms with Crippen molar-refractivity contribution in [3.8, 4) is 0 Å². The van der Waals surface area contributed by atoms with Crippen LogP contribution >= 0.6 is 23.5 Å². The van der Waals surface area contributed by atoms with Crippen LogP contribution in [-0.4, -0.2) is 4.58 Å². The predicted molar refractivity (Wildman–Crippen MR) is 88.2 cm³/mol. The van der Waals surface area contributed by atoms with E-state index in [9.17, 15) is 0 Å². The highest BCUT2D eigenvalue weighted by molar-refractivity contribution is 8.17. The smallest absolute Gasteiger partial charge is 0.0594 e. The zero-order valence-electron chi connectivity index (χ0n) is 11.7. The highest BCUT2D eigenvalue weighted by Gasteiger charge is 2.12. The summed E-state index contributed by atoms with van der Waals surface area (Å²) in [5.41, 5.74) is 2.74. The average Bonchev–Trinajstić information content (AvgIpc) is 2.42. The van der Waals surface area contributed by atoms with Gasteiger partial charge in [0.1, 0.15) is 0 Å². The number of rotatable bonds is 5. The molecular weight excluding hydrogens is 268 g/mol. The molecule has 0 bridgehead atoms. The molecule has 2 rings (SSSR count). The minimum atomic E-state index is 0.571. The van der Waals surface area contributed by atoms with Crippen LogP contribution in [0.25, 0.3) is 0 Å². The molecule has 0 aromatic heterocycles. The van der Waals surface area contributed by atoms with E-state index in [1.165, 1.54) is 20.9 Å². The van der Waals surface area contributed by atoms with Crippen molar-refractivity contribution in [3.63, 3.8) is 0 Å². The van der Waals surface area contributed by atoms with Gasteiger partial charge in [0.25, 0.3) is 0 Å². The topological polar surface area (TPSA) is 0 Å². The summed E-state index contributed by atoms with van der Waals surface area (Å²) in [6.45, 7) is 6.64. The number of aryl methyl sites for hydroxylation is 2. The maximum absolute atomic E-state index is 2.27. The Balaban J connectivity index is 2.09. The summed E-state index contributed by atoms with van der Waals surface area (Å²) in [6, 6.07) is 17.3. The molecule has 0 heterocycles. The van der Waals surface area contributed by atoms with E-state index in [-0.39, 0.29) is 0 Å². The van der Waals surface area contributed by atoms with Gasteiger partial charge < -0.3 is 0 Å². The summed E-state index contributed by atoms with van der Waals surface area (Å²) < 4.78 is 0.571. The maximum Gasteiger partial charge on any atom is 0.0594 e. The van der Waals surface area contributed by atoms with Crippen LogP contribution in [0.5, 0.6) is 0 Å². The second kappa shape index (κ2) is 7.06. The van der Waals surface area contributed by atoms with E-state index in [1.54, 1.807) is 0 Å². The number of hydrogen-bond acceptors (Lipinski definition) is 2.